The lowest BCUT2D eigenvalue weighted by Crippen LogP contribution is -2.08. The molecule has 0 bridgehead atoms. The number of nitriles is 2. The molecule has 0 aliphatic carbocycles. The first-order chi connectivity index (χ1) is 9.12. The number of hydrogen-bond acceptors (Lipinski definition) is 4. The molecule has 0 radical (unpaired) electrons. The second kappa shape index (κ2) is 7.08. The third kappa shape index (κ3) is 4.04. The maximum atomic E-state index is 11.9. The molecule has 0 aliphatic heterocycles. The number of Topliss-reactive ketones (excluding diaryl/α,β-unsaturated/α-hetero) is 2. The van der Waals surface area contributed by atoms with Gasteiger partial charge < -0.3 is 0 Å². The van der Waals surface area contributed by atoms with E-state index in [1.807, 2.05) is 19.1 Å². The van der Waals surface area contributed by atoms with Gasteiger partial charge in [0.05, 0.1) is 17.5 Å². The van der Waals surface area contributed by atoms with Crippen LogP contribution in [0.2, 0.25) is 0 Å². The van der Waals surface area contributed by atoms with Gasteiger partial charge in [-0.3, -0.25) is 9.59 Å². The third-order valence-electron chi connectivity index (χ3n) is 2.75. The van der Waals surface area contributed by atoms with Crippen molar-refractivity contribution in [2.24, 2.45) is 0 Å². The Morgan fingerprint density at radius 3 is 2.42 bits per heavy atom. The fraction of sp³-hybridized carbons (Fsp3) is 0.333. The van der Waals surface area contributed by atoms with Gasteiger partial charge in [0.2, 0.25) is 0 Å². The van der Waals surface area contributed by atoms with Crippen molar-refractivity contribution in [3.63, 3.8) is 0 Å². The van der Waals surface area contributed by atoms with Crippen molar-refractivity contribution in [1.29, 1.82) is 10.5 Å². The molecule has 0 saturated carbocycles. The third-order valence-corrected chi connectivity index (χ3v) is 2.75. The minimum Gasteiger partial charge on any atom is -0.299 e. The normalized spacial score (nSPS) is 9.42. The van der Waals surface area contributed by atoms with Gasteiger partial charge in [-0.2, -0.15) is 10.5 Å². The predicted octanol–water partition coefficient (Wildman–Crippen LogP) is 2.76. The van der Waals surface area contributed by atoms with Gasteiger partial charge in [-0.15, -0.1) is 0 Å². The number of carbonyl (C=O) groups excluding carboxylic acids is 2. The van der Waals surface area contributed by atoms with E-state index in [9.17, 15) is 9.59 Å². The van der Waals surface area contributed by atoms with E-state index in [1.165, 1.54) is 18.2 Å². The number of ketones is 2. The molecule has 0 amide bonds. The Kier molecular flexibility index (Phi) is 5.44. The van der Waals surface area contributed by atoms with Gasteiger partial charge in [-0.1, -0.05) is 13.3 Å². The number of rotatable bonds is 6. The fourth-order valence-corrected chi connectivity index (χ4v) is 1.65. The van der Waals surface area contributed by atoms with Crippen LogP contribution in [-0.4, -0.2) is 11.6 Å². The van der Waals surface area contributed by atoms with Crippen LogP contribution in [0, 0.1) is 22.7 Å². The maximum absolute atomic E-state index is 11.9. The molecule has 0 unspecified atom stereocenters. The summed E-state index contributed by atoms with van der Waals surface area (Å²) in [6.07, 6.45) is 1.96. The van der Waals surface area contributed by atoms with Crippen molar-refractivity contribution in [3.05, 3.63) is 34.9 Å². The summed E-state index contributed by atoms with van der Waals surface area (Å²) in [5.74, 6) is -0.392. The van der Waals surface area contributed by atoms with Crippen molar-refractivity contribution >= 4 is 11.6 Å². The predicted molar refractivity (Wildman–Crippen MR) is 69.4 cm³/mol. The topological polar surface area (TPSA) is 81.7 Å². The zero-order valence-corrected chi connectivity index (χ0v) is 10.8. The Morgan fingerprint density at radius 2 is 1.84 bits per heavy atom. The Bertz CT molecular complexity index is 577. The number of carbonyl (C=O) groups is 2. The summed E-state index contributed by atoms with van der Waals surface area (Å²) in [4.78, 5) is 23.4. The molecule has 19 heavy (non-hydrogen) atoms. The molecule has 1 rings (SSSR count). The van der Waals surface area contributed by atoms with Crippen LogP contribution in [-0.2, 0) is 4.79 Å². The van der Waals surface area contributed by atoms with Crippen LogP contribution in [0.4, 0.5) is 0 Å². The first-order valence-corrected chi connectivity index (χ1v) is 6.11. The molecule has 0 heterocycles. The molecule has 0 fully saturated rings. The van der Waals surface area contributed by atoms with Crippen molar-refractivity contribution < 1.29 is 9.59 Å². The van der Waals surface area contributed by atoms with Crippen molar-refractivity contribution in [2.75, 3.05) is 0 Å². The summed E-state index contributed by atoms with van der Waals surface area (Å²) in [6, 6.07) is 8.03. The highest BCUT2D eigenvalue weighted by Gasteiger charge is 2.13. The van der Waals surface area contributed by atoms with Crippen molar-refractivity contribution in [1.82, 2.24) is 0 Å². The number of unbranched alkanes of at least 4 members (excludes halogenated alkanes) is 1. The first-order valence-electron chi connectivity index (χ1n) is 6.11. The molecule has 0 aromatic heterocycles. The summed E-state index contributed by atoms with van der Waals surface area (Å²) >= 11 is 0. The summed E-state index contributed by atoms with van der Waals surface area (Å²) < 4.78 is 0. The second-order valence-corrected chi connectivity index (χ2v) is 4.23. The van der Waals surface area contributed by atoms with Crippen molar-refractivity contribution in [2.45, 2.75) is 32.6 Å². The quantitative estimate of drug-likeness (QED) is 0.577. The monoisotopic (exact) mass is 254 g/mol. The largest absolute Gasteiger partial charge is 0.299 e. The molecule has 96 valence electrons. The number of benzene rings is 1. The van der Waals surface area contributed by atoms with Crippen LogP contribution < -0.4 is 0 Å². The minimum absolute atomic E-state index is 0.0882. The lowest BCUT2D eigenvalue weighted by Gasteiger charge is -2.02. The van der Waals surface area contributed by atoms with E-state index in [0.717, 1.165) is 12.8 Å². The van der Waals surface area contributed by atoms with Crippen LogP contribution in [0.5, 0.6) is 0 Å². The molecule has 4 nitrogen and oxygen atoms in total. The van der Waals surface area contributed by atoms with Gasteiger partial charge in [0.15, 0.2) is 5.78 Å². The van der Waals surface area contributed by atoms with Crippen LogP contribution >= 0.6 is 0 Å². The van der Waals surface area contributed by atoms with Gasteiger partial charge in [-0.05, 0) is 24.6 Å². The highest BCUT2D eigenvalue weighted by atomic mass is 16.1. The van der Waals surface area contributed by atoms with Gasteiger partial charge in [0, 0.05) is 12.0 Å². The Morgan fingerprint density at radius 1 is 1.16 bits per heavy atom. The van der Waals surface area contributed by atoms with Gasteiger partial charge in [-0.25, -0.2) is 0 Å². The number of hydrogen-bond donors (Lipinski definition) is 0. The SMILES string of the molecule is CCCCC(=O)CC(=O)c1ccc(C#N)c(C#N)c1. The molecular formula is C15H14N2O2. The van der Waals surface area contributed by atoms with E-state index >= 15 is 0 Å². The van der Waals surface area contributed by atoms with E-state index in [1.54, 1.807) is 0 Å². The second-order valence-electron chi connectivity index (χ2n) is 4.23. The highest BCUT2D eigenvalue weighted by molar-refractivity contribution is 6.08. The molecule has 4 heteroatoms. The standard InChI is InChI=1S/C15H14N2O2/c1-2-3-4-14(18)8-15(19)11-5-6-12(9-16)13(7-11)10-17/h5-7H,2-4,8H2,1H3. The lowest BCUT2D eigenvalue weighted by atomic mass is 9.99. The smallest absolute Gasteiger partial charge is 0.170 e. The zero-order valence-electron chi connectivity index (χ0n) is 10.8. The fourth-order valence-electron chi connectivity index (χ4n) is 1.65. The molecule has 1 aromatic carbocycles. The molecule has 0 aliphatic rings. The molecular weight excluding hydrogens is 240 g/mol. The molecule has 0 atom stereocenters. The summed E-state index contributed by atoms with van der Waals surface area (Å²) in [6.45, 7) is 1.98. The minimum atomic E-state index is -0.304. The van der Waals surface area contributed by atoms with Crippen LogP contribution in [0.1, 0.15) is 54.1 Å². The summed E-state index contributed by atoms with van der Waals surface area (Å²) in [5.41, 5.74) is 0.700. The highest BCUT2D eigenvalue weighted by Crippen LogP contribution is 2.13. The van der Waals surface area contributed by atoms with Gasteiger partial charge >= 0.3 is 0 Å². The average Bonchev–Trinajstić information content (AvgIpc) is 2.44. The van der Waals surface area contributed by atoms with E-state index in [0.29, 0.717) is 12.0 Å². The van der Waals surface area contributed by atoms with E-state index in [-0.39, 0.29) is 29.1 Å². The first kappa shape index (κ1) is 14.6. The summed E-state index contributed by atoms with van der Waals surface area (Å²) in [7, 11) is 0. The van der Waals surface area contributed by atoms with E-state index in [4.69, 9.17) is 10.5 Å². The molecule has 0 N–H and O–H groups in total. The van der Waals surface area contributed by atoms with Crippen LogP contribution in [0.25, 0.3) is 0 Å². The lowest BCUT2D eigenvalue weighted by molar-refractivity contribution is -0.118. The Hall–Kier alpha value is -2.46. The molecule has 1 aromatic rings. The van der Waals surface area contributed by atoms with Crippen LogP contribution in [0.3, 0.4) is 0 Å². The molecule has 0 saturated heterocycles. The maximum Gasteiger partial charge on any atom is 0.170 e. The number of nitrogens with zero attached hydrogens (tertiary/aromatic N) is 2. The average molecular weight is 254 g/mol. The van der Waals surface area contributed by atoms with E-state index < -0.39 is 0 Å². The molecule has 0 spiro atoms. The van der Waals surface area contributed by atoms with E-state index in [2.05, 4.69) is 0 Å². The summed E-state index contributed by atoms with van der Waals surface area (Å²) in [5, 5.41) is 17.7. The Balaban J connectivity index is 2.82. The van der Waals surface area contributed by atoms with Gasteiger partial charge in [0.1, 0.15) is 17.9 Å². The van der Waals surface area contributed by atoms with Crippen LogP contribution in [0.15, 0.2) is 18.2 Å². The van der Waals surface area contributed by atoms with Crippen molar-refractivity contribution in [3.8, 4) is 12.1 Å². The Labute approximate surface area is 112 Å². The zero-order chi connectivity index (χ0) is 14.3. The van der Waals surface area contributed by atoms with Gasteiger partial charge in [0.25, 0.3) is 0 Å².